The molecule has 0 spiro atoms. The number of hydrogen-bond acceptors (Lipinski definition) is 4. The molecule has 1 rings (SSSR count). The van der Waals surface area contributed by atoms with E-state index in [1.54, 1.807) is 0 Å². The third-order valence-corrected chi connectivity index (χ3v) is 5.35. The highest BCUT2D eigenvalue weighted by molar-refractivity contribution is 8.04. The Kier molecular flexibility index (Phi) is 2.61. The highest BCUT2D eigenvalue weighted by Crippen LogP contribution is 2.56. The van der Waals surface area contributed by atoms with Crippen molar-refractivity contribution in [2.45, 2.75) is 22.3 Å². The molecular weight excluding hydrogens is 188 g/mol. The van der Waals surface area contributed by atoms with Crippen LogP contribution in [0.3, 0.4) is 0 Å². The molecule has 0 aromatic heterocycles. The normalized spacial score (nSPS) is 39.3. The van der Waals surface area contributed by atoms with Gasteiger partial charge >= 0.3 is 0 Å². The molecule has 0 N–H and O–H groups in total. The van der Waals surface area contributed by atoms with E-state index in [1.807, 2.05) is 12.5 Å². The van der Waals surface area contributed by atoms with Crippen molar-refractivity contribution in [3.8, 4) is 12.1 Å². The van der Waals surface area contributed by atoms with Crippen molar-refractivity contribution in [3.63, 3.8) is 0 Å². The average molecular weight is 198 g/mol. The third kappa shape index (κ3) is 0.952. The van der Waals surface area contributed by atoms with Gasteiger partial charge in [0.2, 0.25) is 0 Å². The third-order valence-electron chi connectivity index (χ3n) is 2.54. The monoisotopic (exact) mass is 198 g/mol. The second kappa shape index (κ2) is 3.20. The smallest absolute Gasteiger partial charge is 0.130 e. The molecule has 0 saturated heterocycles. The minimum atomic E-state index is -0.457. The van der Waals surface area contributed by atoms with Crippen LogP contribution in [0.15, 0.2) is 0 Å². The second-order valence-corrected chi connectivity index (χ2v) is 5.00. The summed E-state index contributed by atoms with van der Waals surface area (Å²) in [4.78, 5) is 0. The van der Waals surface area contributed by atoms with Gasteiger partial charge in [0, 0.05) is 0 Å². The van der Waals surface area contributed by atoms with Crippen LogP contribution < -0.4 is 0 Å². The molecule has 1 aliphatic rings. The Morgan fingerprint density at radius 1 is 1.00 bits per heavy atom. The van der Waals surface area contributed by atoms with E-state index in [1.165, 1.54) is 23.5 Å². The molecule has 2 atom stereocenters. The van der Waals surface area contributed by atoms with E-state index in [0.29, 0.717) is 0 Å². The molecule has 0 aromatic rings. The molecule has 0 amide bonds. The van der Waals surface area contributed by atoms with Gasteiger partial charge in [0.05, 0.1) is 12.1 Å². The maximum atomic E-state index is 9.00. The maximum absolute atomic E-state index is 9.00. The first-order valence-electron chi connectivity index (χ1n) is 3.63. The van der Waals surface area contributed by atoms with Crippen LogP contribution in [0.5, 0.6) is 0 Å². The van der Waals surface area contributed by atoms with Gasteiger partial charge in [0.15, 0.2) is 0 Å². The van der Waals surface area contributed by atoms with Crippen LogP contribution in [0, 0.1) is 22.7 Å². The fraction of sp³-hybridized carbons (Fsp3) is 0.750. The quantitative estimate of drug-likeness (QED) is 0.681. The van der Waals surface area contributed by atoms with Gasteiger partial charge in [-0.05, 0) is 25.4 Å². The molecule has 0 aromatic carbocycles. The van der Waals surface area contributed by atoms with Gasteiger partial charge in [-0.25, -0.2) is 0 Å². The number of thioether (sulfide) groups is 2. The van der Waals surface area contributed by atoms with Crippen molar-refractivity contribution in [1.29, 1.82) is 10.5 Å². The van der Waals surface area contributed by atoms with Crippen LogP contribution in [0.25, 0.3) is 0 Å². The molecule has 2 nitrogen and oxygen atoms in total. The first kappa shape index (κ1) is 9.77. The zero-order valence-electron chi connectivity index (χ0n) is 7.13. The van der Waals surface area contributed by atoms with Crippen LogP contribution in [0.4, 0.5) is 0 Å². The first-order valence-corrected chi connectivity index (χ1v) is 6.08. The number of nitrogens with zero attached hydrogens (tertiary/aromatic N) is 2. The van der Waals surface area contributed by atoms with Crippen LogP contribution >= 0.6 is 23.5 Å². The van der Waals surface area contributed by atoms with E-state index in [0.717, 1.165) is 12.8 Å². The molecule has 0 radical (unpaired) electrons. The SMILES string of the molecule is CSC1(C#N)CCC1(C#N)SC. The van der Waals surface area contributed by atoms with Gasteiger partial charge in [-0.2, -0.15) is 10.5 Å². The Bertz CT molecular complexity index is 229. The summed E-state index contributed by atoms with van der Waals surface area (Å²) in [5.74, 6) is 0. The van der Waals surface area contributed by atoms with E-state index in [2.05, 4.69) is 12.1 Å². The second-order valence-electron chi connectivity index (χ2n) is 2.79. The number of nitriles is 2. The molecule has 0 bridgehead atoms. The molecule has 1 aliphatic carbocycles. The van der Waals surface area contributed by atoms with Gasteiger partial charge in [0.25, 0.3) is 0 Å². The lowest BCUT2D eigenvalue weighted by atomic mass is 9.73. The highest BCUT2D eigenvalue weighted by atomic mass is 32.2. The van der Waals surface area contributed by atoms with Crippen LogP contribution in [-0.4, -0.2) is 22.0 Å². The Morgan fingerprint density at radius 2 is 1.33 bits per heavy atom. The first-order chi connectivity index (χ1) is 5.70. The predicted octanol–water partition coefficient (Wildman–Crippen LogP) is 2.03. The van der Waals surface area contributed by atoms with E-state index >= 15 is 0 Å². The van der Waals surface area contributed by atoms with Gasteiger partial charge in [-0.1, -0.05) is 0 Å². The van der Waals surface area contributed by atoms with Crippen molar-refractivity contribution in [2.75, 3.05) is 12.5 Å². The molecule has 1 saturated carbocycles. The molecule has 2 unspecified atom stereocenters. The summed E-state index contributed by atoms with van der Waals surface area (Å²) >= 11 is 3.02. The molecular formula is C8H10N2S2. The fourth-order valence-electron chi connectivity index (χ4n) is 1.50. The van der Waals surface area contributed by atoms with Gasteiger partial charge in [-0.3, -0.25) is 0 Å². The van der Waals surface area contributed by atoms with E-state index in [4.69, 9.17) is 10.5 Å². The fourth-order valence-corrected chi connectivity index (χ4v) is 3.75. The minimum absolute atomic E-state index is 0.457. The van der Waals surface area contributed by atoms with E-state index < -0.39 is 9.49 Å². The summed E-state index contributed by atoms with van der Waals surface area (Å²) in [6, 6.07) is 4.55. The molecule has 0 aliphatic heterocycles. The van der Waals surface area contributed by atoms with Crippen molar-refractivity contribution in [2.24, 2.45) is 0 Å². The molecule has 12 heavy (non-hydrogen) atoms. The minimum Gasteiger partial charge on any atom is -0.197 e. The number of rotatable bonds is 2. The van der Waals surface area contributed by atoms with Crippen LogP contribution in [0.1, 0.15) is 12.8 Å². The topological polar surface area (TPSA) is 47.6 Å². The summed E-state index contributed by atoms with van der Waals surface area (Å²) in [7, 11) is 0. The molecule has 0 heterocycles. The average Bonchev–Trinajstić information content (AvgIpc) is 2.08. The maximum Gasteiger partial charge on any atom is 0.130 e. The van der Waals surface area contributed by atoms with Gasteiger partial charge < -0.3 is 0 Å². The van der Waals surface area contributed by atoms with Crippen LogP contribution in [0.2, 0.25) is 0 Å². The van der Waals surface area contributed by atoms with E-state index in [-0.39, 0.29) is 0 Å². The van der Waals surface area contributed by atoms with Crippen LogP contribution in [-0.2, 0) is 0 Å². The lowest BCUT2D eigenvalue weighted by molar-refractivity contribution is 0.385. The Hall–Kier alpha value is -0.320. The summed E-state index contributed by atoms with van der Waals surface area (Å²) < 4.78 is -0.914. The van der Waals surface area contributed by atoms with Gasteiger partial charge in [0.1, 0.15) is 9.49 Å². The molecule has 64 valence electrons. The summed E-state index contributed by atoms with van der Waals surface area (Å²) in [6.45, 7) is 0. The van der Waals surface area contributed by atoms with Crippen molar-refractivity contribution < 1.29 is 0 Å². The molecule has 4 heteroatoms. The Labute approximate surface area is 81.3 Å². The zero-order chi connectivity index (χ0) is 9.24. The summed E-state index contributed by atoms with van der Waals surface area (Å²) in [6.07, 6.45) is 5.51. The van der Waals surface area contributed by atoms with E-state index in [9.17, 15) is 0 Å². The highest BCUT2D eigenvalue weighted by Gasteiger charge is 2.60. The molecule has 1 fully saturated rings. The summed E-state index contributed by atoms with van der Waals surface area (Å²) in [5, 5.41) is 18.0. The van der Waals surface area contributed by atoms with Gasteiger partial charge in [-0.15, -0.1) is 23.5 Å². The van der Waals surface area contributed by atoms with Crippen molar-refractivity contribution in [3.05, 3.63) is 0 Å². The Balaban J connectivity index is 2.97. The van der Waals surface area contributed by atoms with Crippen molar-refractivity contribution in [1.82, 2.24) is 0 Å². The number of hydrogen-bond donors (Lipinski definition) is 0. The Morgan fingerprint density at radius 3 is 1.42 bits per heavy atom. The lowest BCUT2D eigenvalue weighted by Gasteiger charge is -2.48. The zero-order valence-corrected chi connectivity index (χ0v) is 8.76. The lowest BCUT2D eigenvalue weighted by Crippen LogP contribution is -2.56. The predicted molar refractivity (Wildman–Crippen MR) is 53.0 cm³/mol. The standard InChI is InChI=1S/C8H10N2S2/c1-11-7(5-9)3-4-8(7,6-10)12-2/h3-4H2,1-2H3. The van der Waals surface area contributed by atoms with Crippen molar-refractivity contribution >= 4 is 23.5 Å². The largest absolute Gasteiger partial charge is 0.197 e. The summed E-state index contributed by atoms with van der Waals surface area (Å²) in [5.41, 5.74) is 0.